The summed E-state index contributed by atoms with van der Waals surface area (Å²) < 4.78 is 12.3. The van der Waals surface area contributed by atoms with Crippen molar-refractivity contribution in [3.8, 4) is 11.5 Å². The third-order valence-corrected chi connectivity index (χ3v) is 5.48. The lowest BCUT2D eigenvalue weighted by Crippen LogP contribution is -2.13. The lowest BCUT2D eigenvalue weighted by atomic mass is 10.1. The van der Waals surface area contributed by atoms with Crippen LogP contribution in [0.4, 0.5) is 11.4 Å². The highest BCUT2D eigenvalue weighted by molar-refractivity contribution is 6.04. The molecule has 0 aliphatic heterocycles. The molecule has 1 heterocycles. The largest absolute Gasteiger partial charge is 0.493 e. The molecule has 0 aliphatic rings. The van der Waals surface area contributed by atoms with E-state index in [0.717, 1.165) is 16.8 Å². The van der Waals surface area contributed by atoms with Crippen LogP contribution in [0.2, 0.25) is 0 Å². The van der Waals surface area contributed by atoms with Gasteiger partial charge in [-0.25, -0.2) is 4.98 Å². The van der Waals surface area contributed by atoms with Crippen LogP contribution in [0.25, 0.3) is 0 Å². The van der Waals surface area contributed by atoms with Gasteiger partial charge in [0, 0.05) is 29.7 Å². The first-order valence-corrected chi connectivity index (χ1v) is 11.0. The number of aryl methyl sites for hydroxylation is 1. The second-order valence-corrected chi connectivity index (χ2v) is 7.92. The number of anilines is 2. The Balaban J connectivity index is 1.37. The maximum atomic E-state index is 12.6. The van der Waals surface area contributed by atoms with Gasteiger partial charge in [-0.1, -0.05) is 30.3 Å². The summed E-state index contributed by atoms with van der Waals surface area (Å²) in [5.41, 5.74) is 4.21. The zero-order valence-corrected chi connectivity index (χ0v) is 19.7. The SMILES string of the molecule is COc1ccc(C(=O)Nc2ccc(Cn3cnc(C(=O)Nc4ccccc4C)c3)cc2)cc1OC. The zero-order valence-electron chi connectivity index (χ0n) is 19.7. The van der Waals surface area contributed by atoms with Crippen LogP contribution in [-0.4, -0.2) is 35.6 Å². The molecule has 1 aromatic heterocycles. The fourth-order valence-corrected chi connectivity index (χ4v) is 3.55. The molecule has 0 bridgehead atoms. The lowest BCUT2D eigenvalue weighted by Gasteiger charge is -2.10. The summed E-state index contributed by atoms with van der Waals surface area (Å²) >= 11 is 0. The first-order valence-electron chi connectivity index (χ1n) is 11.0. The molecular weight excluding hydrogens is 444 g/mol. The van der Waals surface area contributed by atoms with E-state index in [1.807, 2.05) is 60.0 Å². The molecule has 0 saturated heterocycles. The van der Waals surface area contributed by atoms with E-state index in [-0.39, 0.29) is 11.8 Å². The number of imidazole rings is 1. The van der Waals surface area contributed by atoms with Crippen LogP contribution in [-0.2, 0) is 6.54 Å². The molecule has 4 aromatic rings. The number of hydrogen-bond acceptors (Lipinski definition) is 5. The highest BCUT2D eigenvalue weighted by Gasteiger charge is 2.12. The number of nitrogens with one attached hydrogen (secondary N) is 2. The van der Waals surface area contributed by atoms with E-state index in [2.05, 4.69) is 15.6 Å². The smallest absolute Gasteiger partial charge is 0.275 e. The van der Waals surface area contributed by atoms with Crippen molar-refractivity contribution in [2.45, 2.75) is 13.5 Å². The summed E-state index contributed by atoms with van der Waals surface area (Å²) in [6.07, 6.45) is 3.33. The number of rotatable bonds is 8. The summed E-state index contributed by atoms with van der Waals surface area (Å²) in [7, 11) is 3.07. The normalized spacial score (nSPS) is 10.5. The molecule has 35 heavy (non-hydrogen) atoms. The van der Waals surface area contributed by atoms with Gasteiger partial charge in [0.15, 0.2) is 11.5 Å². The number of benzene rings is 3. The van der Waals surface area contributed by atoms with Gasteiger partial charge in [-0.3, -0.25) is 9.59 Å². The number of amides is 2. The molecule has 8 nitrogen and oxygen atoms in total. The molecular formula is C27H26N4O4. The van der Waals surface area contributed by atoms with E-state index >= 15 is 0 Å². The molecule has 8 heteroatoms. The van der Waals surface area contributed by atoms with E-state index < -0.39 is 0 Å². The monoisotopic (exact) mass is 470 g/mol. The van der Waals surface area contributed by atoms with Crippen molar-refractivity contribution in [1.82, 2.24) is 9.55 Å². The Morgan fingerprint density at radius 3 is 2.34 bits per heavy atom. The fraction of sp³-hybridized carbons (Fsp3) is 0.148. The van der Waals surface area contributed by atoms with Gasteiger partial charge in [0.1, 0.15) is 5.69 Å². The minimum absolute atomic E-state index is 0.252. The van der Waals surface area contributed by atoms with Crippen LogP contribution in [0.5, 0.6) is 11.5 Å². The highest BCUT2D eigenvalue weighted by Crippen LogP contribution is 2.28. The van der Waals surface area contributed by atoms with Crippen molar-refractivity contribution < 1.29 is 19.1 Å². The summed E-state index contributed by atoms with van der Waals surface area (Å²) in [6.45, 7) is 2.47. The van der Waals surface area contributed by atoms with Crippen LogP contribution in [0.3, 0.4) is 0 Å². The summed E-state index contributed by atoms with van der Waals surface area (Å²) in [5, 5.41) is 5.76. The molecule has 4 rings (SSSR count). The third-order valence-electron chi connectivity index (χ3n) is 5.48. The van der Waals surface area contributed by atoms with Gasteiger partial charge in [0.25, 0.3) is 11.8 Å². The Bertz CT molecular complexity index is 1350. The Morgan fingerprint density at radius 2 is 1.63 bits per heavy atom. The number of para-hydroxylation sites is 1. The number of methoxy groups -OCH3 is 2. The Hall–Kier alpha value is -4.59. The Morgan fingerprint density at radius 1 is 0.886 bits per heavy atom. The molecule has 0 fully saturated rings. The van der Waals surface area contributed by atoms with Crippen molar-refractivity contribution in [2.24, 2.45) is 0 Å². The van der Waals surface area contributed by atoms with Gasteiger partial charge in [0.05, 0.1) is 20.5 Å². The van der Waals surface area contributed by atoms with Gasteiger partial charge >= 0.3 is 0 Å². The van der Waals surface area contributed by atoms with Crippen molar-refractivity contribution in [3.63, 3.8) is 0 Å². The predicted molar refractivity (Wildman–Crippen MR) is 134 cm³/mol. The third kappa shape index (κ3) is 5.67. The molecule has 0 aliphatic carbocycles. The van der Waals surface area contributed by atoms with E-state index in [4.69, 9.17) is 9.47 Å². The number of nitrogens with zero attached hydrogens (tertiary/aromatic N) is 2. The van der Waals surface area contributed by atoms with Crippen LogP contribution >= 0.6 is 0 Å². The molecule has 0 radical (unpaired) electrons. The Kier molecular flexibility index (Phi) is 7.11. The first-order chi connectivity index (χ1) is 17.0. The average molecular weight is 471 g/mol. The minimum Gasteiger partial charge on any atom is -0.493 e. The molecule has 3 aromatic carbocycles. The van der Waals surface area contributed by atoms with Crippen LogP contribution in [0, 0.1) is 6.92 Å². The molecule has 178 valence electrons. The van der Waals surface area contributed by atoms with Gasteiger partial charge in [-0.05, 0) is 54.4 Å². The fourth-order valence-electron chi connectivity index (χ4n) is 3.55. The number of ether oxygens (including phenoxy) is 2. The van der Waals surface area contributed by atoms with Crippen molar-refractivity contribution in [2.75, 3.05) is 24.9 Å². The predicted octanol–water partition coefficient (Wildman–Crippen LogP) is 4.76. The van der Waals surface area contributed by atoms with E-state index in [0.29, 0.717) is 35.0 Å². The van der Waals surface area contributed by atoms with Crippen molar-refractivity contribution in [1.29, 1.82) is 0 Å². The van der Waals surface area contributed by atoms with Crippen LogP contribution in [0.15, 0.2) is 79.3 Å². The average Bonchev–Trinajstić information content (AvgIpc) is 3.34. The summed E-state index contributed by atoms with van der Waals surface area (Å²) in [4.78, 5) is 29.4. The number of carbonyl (C=O) groups excluding carboxylic acids is 2. The lowest BCUT2D eigenvalue weighted by molar-refractivity contribution is 0.101. The van der Waals surface area contributed by atoms with Crippen molar-refractivity contribution >= 4 is 23.2 Å². The maximum Gasteiger partial charge on any atom is 0.275 e. The van der Waals surface area contributed by atoms with E-state index in [1.165, 1.54) is 7.11 Å². The van der Waals surface area contributed by atoms with Gasteiger partial charge in [-0.2, -0.15) is 0 Å². The summed E-state index contributed by atoms with van der Waals surface area (Å²) in [6, 6.07) is 20.1. The highest BCUT2D eigenvalue weighted by atomic mass is 16.5. The van der Waals surface area contributed by atoms with Crippen LogP contribution in [0.1, 0.15) is 32.0 Å². The van der Waals surface area contributed by atoms with E-state index in [9.17, 15) is 9.59 Å². The van der Waals surface area contributed by atoms with E-state index in [1.54, 1.807) is 37.8 Å². The quantitative estimate of drug-likeness (QED) is 0.387. The number of carbonyl (C=O) groups is 2. The first kappa shape index (κ1) is 23.6. The molecule has 2 amide bonds. The number of hydrogen-bond donors (Lipinski definition) is 2. The molecule has 0 unspecified atom stereocenters. The molecule has 0 atom stereocenters. The molecule has 0 spiro atoms. The second-order valence-electron chi connectivity index (χ2n) is 7.92. The Labute approximate surface area is 203 Å². The summed E-state index contributed by atoms with van der Waals surface area (Å²) in [5.74, 6) is 0.537. The van der Waals surface area contributed by atoms with Gasteiger partial charge in [-0.15, -0.1) is 0 Å². The topological polar surface area (TPSA) is 94.5 Å². The number of aromatic nitrogens is 2. The maximum absolute atomic E-state index is 12.6. The molecule has 2 N–H and O–H groups in total. The minimum atomic E-state index is -0.258. The van der Waals surface area contributed by atoms with Crippen molar-refractivity contribution in [3.05, 3.63) is 102 Å². The second kappa shape index (κ2) is 10.6. The standard InChI is InChI=1S/C27H26N4O4/c1-18-6-4-5-7-22(18)30-27(33)23-16-31(17-28-23)15-19-8-11-21(12-9-19)29-26(32)20-10-13-24(34-2)25(14-20)35-3/h4-14,16-17H,15H2,1-3H3,(H,29,32)(H,30,33). The molecule has 0 saturated carbocycles. The zero-order chi connectivity index (χ0) is 24.8. The van der Waals surface area contributed by atoms with Gasteiger partial charge in [0.2, 0.25) is 0 Å². The van der Waals surface area contributed by atoms with Crippen LogP contribution < -0.4 is 20.1 Å². The van der Waals surface area contributed by atoms with Gasteiger partial charge < -0.3 is 24.7 Å².